The summed E-state index contributed by atoms with van der Waals surface area (Å²) < 4.78 is 0. The third kappa shape index (κ3) is 1.02. The van der Waals surface area contributed by atoms with E-state index in [4.69, 9.17) is 0 Å². The maximum atomic E-state index is 4.26. The molecule has 1 N–H and O–H groups in total. The predicted octanol–water partition coefficient (Wildman–Crippen LogP) is 1.12. The molecule has 1 aromatic rings. The Labute approximate surface area is 72.4 Å². The second-order valence-electron chi connectivity index (χ2n) is 3.23. The summed E-state index contributed by atoms with van der Waals surface area (Å²) in [6.07, 6.45) is 2.95. The van der Waals surface area contributed by atoms with E-state index < -0.39 is 0 Å². The normalized spacial score (nSPS) is 13.8. The van der Waals surface area contributed by atoms with E-state index in [9.17, 15) is 0 Å². The third-order valence-corrected chi connectivity index (χ3v) is 2.18. The van der Waals surface area contributed by atoms with Crippen molar-refractivity contribution in [1.29, 1.82) is 0 Å². The van der Waals surface area contributed by atoms with E-state index >= 15 is 0 Å². The Balaban J connectivity index is 2.49. The van der Waals surface area contributed by atoms with Gasteiger partial charge in [0.15, 0.2) is 0 Å². The molecule has 0 aromatic carbocycles. The van der Waals surface area contributed by atoms with Crippen molar-refractivity contribution in [2.75, 3.05) is 30.9 Å². The van der Waals surface area contributed by atoms with Crippen molar-refractivity contribution in [2.24, 2.45) is 0 Å². The number of anilines is 2. The van der Waals surface area contributed by atoms with Gasteiger partial charge in [-0.25, -0.2) is 4.98 Å². The van der Waals surface area contributed by atoms with Gasteiger partial charge in [0.05, 0.1) is 0 Å². The first-order valence-corrected chi connectivity index (χ1v) is 4.18. The van der Waals surface area contributed by atoms with Crippen LogP contribution in [0.1, 0.15) is 5.56 Å². The first-order valence-electron chi connectivity index (χ1n) is 4.18. The number of nitrogens with one attached hydrogen (secondary N) is 1. The summed E-state index contributed by atoms with van der Waals surface area (Å²) in [4.78, 5) is 6.40. The Morgan fingerprint density at radius 2 is 2.33 bits per heavy atom. The Morgan fingerprint density at radius 1 is 1.50 bits per heavy atom. The highest BCUT2D eigenvalue weighted by Gasteiger charge is 2.15. The molecule has 1 aliphatic heterocycles. The van der Waals surface area contributed by atoms with Crippen LogP contribution in [-0.4, -0.2) is 25.6 Å². The van der Waals surface area contributed by atoms with Gasteiger partial charge in [-0.1, -0.05) is 0 Å². The lowest BCUT2D eigenvalue weighted by Gasteiger charge is -2.15. The summed E-state index contributed by atoms with van der Waals surface area (Å²) in [6, 6.07) is 2.06. The SMILES string of the molecule is CN(C)c1ccnc2c1CCN2. The Morgan fingerprint density at radius 3 is 3.08 bits per heavy atom. The van der Waals surface area contributed by atoms with Crippen LogP contribution in [0.15, 0.2) is 12.3 Å². The minimum atomic E-state index is 1.02. The molecule has 3 nitrogen and oxygen atoms in total. The molecule has 0 amide bonds. The van der Waals surface area contributed by atoms with Crippen LogP contribution in [0.2, 0.25) is 0 Å². The number of pyridine rings is 1. The fourth-order valence-electron chi connectivity index (χ4n) is 1.61. The lowest BCUT2D eigenvalue weighted by atomic mass is 10.2. The summed E-state index contributed by atoms with van der Waals surface area (Å²) in [5.41, 5.74) is 2.63. The van der Waals surface area contributed by atoms with E-state index in [0.29, 0.717) is 0 Å². The fourth-order valence-corrected chi connectivity index (χ4v) is 1.61. The zero-order chi connectivity index (χ0) is 8.55. The van der Waals surface area contributed by atoms with Crippen LogP contribution in [0.4, 0.5) is 11.5 Å². The monoisotopic (exact) mass is 163 g/mol. The van der Waals surface area contributed by atoms with E-state index in [1.165, 1.54) is 11.3 Å². The van der Waals surface area contributed by atoms with Crippen LogP contribution in [-0.2, 0) is 6.42 Å². The molecule has 2 rings (SSSR count). The van der Waals surface area contributed by atoms with E-state index in [-0.39, 0.29) is 0 Å². The van der Waals surface area contributed by atoms with Gasteiger partial charge in [-0.3, -0.25) is 0 Å². The molecule has 0 saturated carbocycles. The largest absolute Gasteiger partial charge is 0.377 e. The smallest absolute Gasteiger partial charge is 0.131 e. The number of hydrogen-bond donors (Lipinski definition) is 1. The predicted molar refractivity (Wildman–Crippen MR) is 50.8 cm³/mol. The van der Waals surface area contributed by atoms with Crippen LogP contribution in [0, 0.1) is 0 Å². The second kappa shape index (κ2) is 2.66. The van der Waals surface area contributed by atoms with Gasteiger partial charge in [-0.15, -0.1) is 0 Å². The molecule has 1 aliphatic rings. The molecule has 2 heterocycles. The van der Waals surface area contributed by atoms with Gasteiger partial charge < -0.3 is 10.2 Å². The number of rotatable bonds is 1. The van der Waals surface area contributed by atoms with Gasteiger partial charge >= 0.3 is 0 Å². The van der Waals surface area contributed by atoms with E-state index in [0.717, 1.165) is 18.8 Å². The summed E-state index contributed by atoms with van der Waals surface area (Å²) in [6.45, 7) is 1.02. The minimum absolute atomic E-state index is 1.02. The molecule has 3 heteroatoms. The highest BCUT2D eigenvalue weighted by molar-refractivity contribution is 5.65. The first kappa shape index (κ1) is 7.40. The number of hydrogen-bond acceptors (Lipinski definition) is 3. The minimum Gasteiger partial charge on any atom is -0.377 e. The molecule has 0 unspecified atom stereocenters. The van der Waals surface area contributed by atoms with Gasteiger partial charge in [0, 0.05) is 38.1 Å². The van der Waals surface area contributed by atoms with Gasteiger partial charge in [-0.05, 0) is 12.5 Å². The summed E-state index contributed by atoms with van der Waals surface area (Å²) >= 11 is 0. The zero-order valence-corrected chi connectivity index (χ0v) is 7.46. The summed E-state index contributed by atoms with van der Waals surface area (Å²) in [5, 5.41) is 3.26. The van der Waals surface area contributed by atoms with Gasteiger partial charge in [0.2, 0.25) is 0 Å². The zero-order valence-electron chi connectivity index (χ0n) is 7.46. The van der Waals surface area contributed by atoms with Crippen molar-refractivity contribution in [2.45, 2.75) is 6.42 Å². The van der Waals surface area contributed by atoms with E-state index in [2.05, 4.69) is 35.4 Å². The molecule has 0 saturated heterocycles. The molecule has 12 heavy (non-hydrogen) atoms. The third-order valence-electron chi connectivity index (χ3n) is 2.18. The standard InChI is InChI=1S/C9H13N3/c1-12(2)8-4-6-11-9-7(8)3-5-10-9/h4,6H,3,5H2,1-2H3,(H,10,11). The highest BCUT2D eigenvalue weighted by atomic mass is 15.1. The molecule has 0 aliphatic carbocycles. The van der Waals surface area contributed by atoms with E-state index in [1.54, 1.807) is 0 Å². The molecular weight excluding hydrogens is 150 g/mol. The Kier molecular flexibility index (Phi) is 1.64. The van der Waals surface area contributed by atoms with Crippen molar-refractivity contribution in [3.63, 3.8) is 0 Å². The summed E-state index contributed by atoms with van der Waals surface area (Å²) in [5.74, 6) is 1.06. The van der Waals surface area contributed by atoms with Crippen molar-refractivity contribution >= 4 is 11.5 Å². The van der Waals surface area contributed by atoms with Crippen molar-refractivity contribution in [3.05, 3.63) is 17.8 Å². The molecule has 0 spiro atoms. The Bertz CT molecular complexity index is 294. The van der Waals surface area contributed by atoms with E-state index in [1.807, 2.05) is 6.20 Å². The maximum absolute atomic E-state index is 4.26. The molecular formula is C9H13N3. The van der Waals surface area contributed by atoms with Crippen molar-refractivity contribution in [3.8, 4) is 0 Å². The maximum Gasteiger partial charge on any atom is 0.131 e. The molecule has 0 bridgehead atoms. The second-order valence-corrected chi connectivity index (χ2v) is 3.23. The highest BCUT2D eigenvalue weighted by Crippen LogP contribution is 2.28. The quantitative estimate of drug-likeness (QED) is 0.672. The van der Waals surface area contributed by atoms with Crippen LogP contribution in [0.25, 0.3) is 0 Å². The van der Waals surface area contributed by atoms with Crippen LogP contribution >= 0.6 is 0 Å². The molecule has 0 radical (unpaired) electrons. The topological polar surface area (TPSA) is 28.2 Å². The van der Waals surface area contributed by atoms with Crippen molar-refractivity contribution in [1.82, 2.24) is 4.98 Å². The van der Waals surface area contributed by atoms with Crippen LogP contribution in [0.5, 0.6) is 0 Å². The molecule has 64 valence electrons. The number of nitrogens with zero attached hydrogens (tertiary/aromatic N) is 2. The van der Waals surface area contributed by atoms with Gasteiger partial charge in [0.25, 0.3) is 0 Å². The average Bonchev–Trinajstić information content (AvgIpc) is 2.49. The lowest BCUT2D eigenvalue weighted by Crippen LogP contribution is -2.10. The van der Waals surface area contributed by atoms with Crippen LogP contribution < -0.4 is 10.2 Å². The Hall–Kier alpha value is -1.25. The van der Waals surface area contributed by atoms with Crippen LogP contribution in [0.3, 0.4) is 0 Å². The molecule has 0 atom stereocenters. The summed E-state index contributed by atoms with van der Waals surface area (Å²) in [7, 11) is 4.13. The molecule has 0 fully saturated rings. The molecule has 1 aromatic heterocycles. The van der Waals surface area contributed by atoms with Gasteiger partial charge in [-0.2, -0.15) is 0 Å². The lowest BCUT2D eigenvalue weighted by molar-refractivity contribution is 1.06. The fraction of sp³-hybridized carbons (Fsp3) is 0.444. The average molecular weight is 163 g/mol. The number of aromatic nitrogens is 1. The van der Waals surface area contributed by atoms with Crippen molar-refractivity contribution < 1.29 is 0 Å². The first-order chi connectivity index (χ1) is 5.79. The van der Waals surface area contributed by atoms with Gasteiger partial charge in [0.1, 0.15) is 5.82 Å². The number of fused-ring (bicyclic) bond motifs is 1.